The van der Waals surface area contributed by atoms with Gasteiger partial charge in [-0.3, -0.25) is 4.68 Å². The molecule has 4 aliphatic rings. The van der Waals surface area contributed by atoms with Gasteiger partial charge >= 0.3 is 0 Å². The van der Waals surface area contributed by atoms with E-state index in [1.807, 2.05) is 10.9 Å². The van der Waals surface area contributed by atoms with Crippen molar-refractivity contribution in [1.29, 1.82) is 0 Å². The average molecular weight is 415 g/mol. The van der Waals surface area contributed by atoms with E-state index in [0.29, 0.717) is 12.5 Å². The third-order valence-corrected chi connectivity index (χ3v) is 10.2. The van der Waals surface area contributed by atoms with Gasteiger partial charge in [-0.2, -0.15) is 5.10 Å². The van der Waals surface area contributed by atoms with Gasteiger partial charge in [-0.15, -0.1) is 0 Å². The van der Waals surface area contributed by atoms with Gasteiger partial charge < -0.3 is 10.2 Å². The molecule has 168 valence electrons. The molecule has 4 saturated carbocycles. The van der Waals surface area contributed by atoms with Crippen molar-refractivity contribution in [2.45, 2.75) is 103 Å². The van der Waals surface area contributed by atoms with E-state index in [9.17, 15) is 10.2 Å². The van der Waals surface area contributed by atoms with E-state index in [-0.39, 0.29) is 5.41 Å². The summed E-state index contributed by atoms with van der Waals surface area (Å²) in [7, 11) is 0. The Morgan fingerprint density at radius 2 is 1.83 bits per heavy atom. The summed E-state index contributed by atoms with van der Waals surface area (Å²) < 4.78 is 1.94. The molecule has 4 nitrogen and oxygen atoms in total. The lowest BCUT2D eigenvalue weighted by atomic mass is 9.48. The van der Waals surface area contributed by atoms with Gasteiger partial charge in [0.15, 0.2) is 0 Å². The third-order valence-electron chi connectivity index (χ3n) is 10.2. The summed E-state index contributed by atoms with van der Waals surface area (Å²) in [6, 6.07) is 0. The van der Waals surface area contributed by atoms with Crippen LogP contribution in [0.5, 0.6) is 0 Å². The maximum absolute atomic E-state index is 11.6. The summed E-state index contributed by atoms with van der Waals surface area (Å²) in [5.74, 6) is 4.37. The number of aliphatic hydroxyl groups is 2. The lowest BCUT2D eigenvalue weighted by Gasteiger charge is -2.58. The summed E-state index contributed by atoms with van der Waals surface area (Å²) in [5.41, 5.74) is 0.263. The molecule has 0 aliphatic heterocycles. The van der Waals surface area contributed by atoms with E-state index < -0.39 is 11.2 Å². The van der Waals surface area contributed by atoms with Crippen molar-refractivity contribution in [2.24, 2.45) is 40.9 Å². The van der Waals surface area contributed by atoms with E-state index in [0.717, 1.165) is 54.4 Å². The fourth-order valence-electron chi connectivity index (χ4n) is 9.09. The molecular formula is C26H42N2O2. The summed E-state index contributed by atoms with van der Waals surface area (Å²) in [6.07, 6.45) is 14.8. The molecule has 4 aliphatic carbocycles. The second kappa shape index (κ2) is 7.07. The zero-order chi connectivity index (χ0) is 21.3. The summed E-state index contributed by atoms with van der Waals surface area (Å²) in [4.78, 5) is 0. The zero-order valence-electron chi connectivity index (χ0n) is 19.5. The summed E-state index contributed by atoms with van der Waals surface area (Å²) >= 11 is 0. The van der Waals surface area contributed by atoms with E-state index in [2.05, 4.69) is 39.0 Å². The molecule has 4 fully saturated rings. The van der Waals surface area contributed by atoms with Gasteiger partial charge in [0, 0.05) is 6.20 Å². The van der Waals surface area contributed by atoms with E-state index in [1.54, 1.807) is 0 Å². The van der Waals surface area contributed by atoms with E-state index >= 15 is 0 Å². The summed E-state index contributed by atoms with van der Waals surface area (Å²) in [5, 5.41) is 26.7. The van der Waals surface area contributed by atoms with Crippen LogP contribution in [0.15, 0.2) is 12.4 Å². The summed E-state index contributed by atoms with van der Waals surface area (Å²) in [6.45, 7) is 9.29. The number of rotatable bonds is 3. The Morgan fingerprint density at radius 1 is 1.07 bits per heavy atom. The molecule has 4 heteroatoms. The molecule has 0 radical (unpaired) electrons. The molecule has 0 aromatic carbocycles. The minimum absolute atomic E-state index is 0.250. The predicted octanol–water partition coefficient (Wildman–Crippen LogP) is 4.96. The minimum Gasteiger partial charge on any atom is -0.390 e. The smallest absolute Gasteiger partial charge is 0.0848 e. The number of hydrogen-bond donors (Lipinski definition) is 2. The largest absolute Gasteiger partial charge is 0.390 e. The Balaban J connectivity index is 1.34. The molecule has 0 saturated heterocycles. The SMILES string of the molecule is Cc1cnn(C[C@@](C)(O)[C@H]2CC[C@H]3[C@@H]4CC[C@@H]5C[C@](C)(O)CC[C@@H]5[C@H]4CC[C@@]32C)c1. The van der Waals surface area contributed by atoms with E-state index in [1.165, 1.54) is 38.5 Å². The molecule has 1 aromatic heterocycles. The molecular weight excluding hydrogens is 372 g/mol. The van der Waals surface area contributed by atoms with Crippen LogP contribution >= 0.6 is 0 Å². The molecule has 9 atom stereocenters. The predicted molar refractivity (Wildman–Crippen MR) is 119 cm³/mol. The Hall–Kier alpha value is -0.870. The van der Waals surface area contributed by atoms with Crippen molar-refractivity contribution in [2.75, 3.05) is 0 Å². The van der Waals surface area contributed by atoms with Crippen LogP contribution in [0.2, 0.25) is 0 Å². The Labute approximate surface area is 182 Å². The molecule has 1 heterocycles. The number of fused-ring (bicyclic) bond motifs is 5. The zero-order valence-corrected chi connectivity index (χ0v) is 19.5. The van der Waals surface area contributed by atoms with Crippen LogP contribution in [-0.4, -0.2) is 31.2 Å². The first-order valence-electron chi connectivity index (χ1n) is 12.5. The molecule has 0 amide bonds. The van der Waals surface area contributed by atoms with Gasteiger partial charge in [-0.1, -0.05) is 6.92 Å². The maximum Gasteiger partial charge on any atom is 0.0848 e. The van der Waals surface area contributed by atoms with Crippen molar-refractivity contribution in [3.05, 3.63) is 18.0 Å². The fraction of sp³-hybridized carbons (Fsp3) is 0.885. The fourth-order valence-corrected chi connectivity index (χ4v) is 9.09. The first-order valence-corrected chi connectivity index (χ1v) is 12.5. The van der Waals surface area contributed by atoms with Gasteiger partial charge in [0.2, 0.25) is 0 Å². The van der Waals surface area contributed by atoms with Crippen molar-refractivity contribution in [1.82, 2.24) is 9.78 Å². The Kier molecular flexibility index (Phi) is 4.95. The van der Waals surface area contributed by atoms with Crippen molar-refractivity contribution in [3.8, 4) is 0 Å². The highest BCUT2D eigenvalue weighted by Gasteiger charge is 2.60. The average Bonchev–Trinajstić information content (AvgIpc) is 3.22. The molecule has 30 heavy (non-hydrogen) atoms. The molecule has 2 N–H and O–H groups in total. The highest BCUT2D eigenvalue weighted by Crippen LogP contribution is 2.66. The number of nitrogens with zero attached hydrogens (tertiary/aromatic N) is 2. The first kappa shape index (κ1) is 21.0. The lowest BCUT2D eigenvalue weighted by molar-refractivity contribution is -0.126. The van der Waals surface area contributed by atoms with Gasteiger partial charge in [0.1, 0.15) is 0 Å². The molecule has 1 aromatic rings. The maximum atomic E-state index is 11.6. The van der Waals surface area contributed by atoms with Crippen molar-refractivity contribution < 1.29 is 10.2 Å². The second-order valence-electron chi connectivity index (χ2n) is 12.4. The van der Waals surface area contributed by atoms with Crippen molar-refractivity contribution >= 4 is 0 Å². The number of aromatic nitrogens is 2. The topological polar surface area (TPSA) is 58.3 Å². The van der Waals surface area contributed by atoms with Gasteiger partial charge in [-0.05, 0) is 125 Å². The minimum atomic E-state index is -0.713. The lowest BCUT2D eigenvalue weighted by Crippen LogP contribution is -2.53. The van der Waals surface area contributed by atoms with Crippen LogP contribution in [-0.2, 0) is 6.54 Å². The Bertz CT molecular complexity index is 784. The normalized spacial score (nSPS) is 47.8. The monoisotopic (exact) mass is 414 g/mol. The van der Waals surface area contributed by atoms with Crippen LogP contribution in [0.3, 0.4) is 0 Å². The Morgan fingerprint density at radius 3 is 2.57 bits per heavy atom. The van der Waals surface area contributed by atoms with Crippen molar-refractivity contribution in [3.63, 3.8) is 0 Å². The van der Waals surface area contributed by atoms with Crippen LogP contribution in [0.25, 0.3) is 0 Å². The van der Waals surface area contributed by atoms with E-state index in [4.69, 9.17) is 0 Å². The highest BCUT2D eigenvalue weighted by molar-refractivity contribution is 5.10. The molecule has 5 rings (SSSR count). The van der Waals surface area contributed by atoms with Gasteiger partial charge in [0.05, 0.1) is 23.9 Å². The molecule has 0 bridgehead atoms. The first-order chi connectivity index (χ1) is 14.1. The number of hydrogen-bond acceptors (Lipinski definition) is 3. The molecule has 0 spiro atoms. The second-order valence-corrected chi connectivity index (χ2v) is 12.4. The van der Waals surface area contributed by atoms with Crippen LogP contribution < -0.4 is 0 Å². The number of aryl methyl sites for hydroxylation is 1. The van der Waals surface area contributed by atoms with Crippen LogP contribution in [0, 0.1) is 47.8 Å². The van der Waals surface area contributed by atoms with Crippen LogP contribution in [0.4, 0.5) is 0 Å². The highest BCUT2D eigenvalue weighted by atomic mass is 16.3. The third kappa shape index (κ3) is 3.37. The standard InChI is InChI=1S/C26H42N2O2/c1-17-14-27-28(15-17)16-26(4,30)23-8-7-22-21-6-5-18-13-24(2,29)11-9-19(18)20(21)10-12-25(22,23)3/h14-15,18-23,29-30H,5-13,16H2,1-4H3/t18-,19+,20-,21-,22+,23+,24-,25+,26-/m1/s1. The van der Waals surface area contributed by atoms with Gasteiger partial charge in [-0.25, -0.2) is 0 Å². The van der Waals surface area contributed by atoms with Gasteiger partial charge in [0.25, 0.3) is 0 Å². The quantitative estimate of drug-likeness (QED) is 0.735. The van der Waals surface area contributed by atoms with Crippen LogP contribution in [0.1, 0.15) is 84.1 Å². The molecule has 0 unspecified atom stereocenters.